The quantitative estimate of drug-likeness (QED) is 0.620. The van der Waals surface area contributed by atoms with Crippen molar-refractivity contribution in [2.45, 2.75) is 25.3 Å². The molecule has 28 heavy (non-hydrogen) atoms. The zero-order chi connectivity index (χ0) is 19.9. The SMILES string of the molecule is CC1(c2ccsc2)NC(=O)N(CC(=O)c2ccc(N3CCCC3=O)cc2)C1=O. The molecule has 0 spiro atoms. The summed E-state index contributed by atoms with van der Waals surface area (Å²) < 4.78 is 0. The second-order valence-electron chi connectivity index (χ2n) is 7.08. The maximum Gasteiger partial charge on any atom is 0.325 e. The van der Waals surface area contributed by atoms with Crippen molar-refractivity contribution >= 4 is 40.7 Å². The van der Waals surface area contributed by atoms with E-state index in [0.29, 0.717) is 24.1 Å². The van der Waals surface area contributed by atoms with Gasteiger partial charge in [-0.15, -0.1) is 0 Å². The number of carbonyl (C=O) groups is 4. The Bertz CT molecular complexity index is 954. The van der Waals surface area contributed by atoms with Gasteiger partial charge in [-0.2, -0.15) is 11.3 Å². The second-order valence-corrected chi connectivity index (χ2v) is 7.86. The molecule has 2 aromatic rings. The van der Waals surface area contributed by atoms with E-state index in [0.717, 1.165) is 17.0 Å². The smallest absolute Gasteiger partial charge is 0.319 e. The molecule has 8 heteroatoms. The molecule has 2 aliphatic rings. The Morgan fingerprint density at radius 1 is 1.18 bits per heavy atom. The Labute approximate surface area is 165 Å². The minimum Gasteiger partial charge on any atom is -0.319 e. The van der Waals surface area contributed by atoms with E-state index >= 15 is 0 Å². The molecule has 0 radical (unpaired) electrons. The lowest BCUT2D eigenvalue weighted by molar-refractivity contribution is -0.130. The highest BCUT2D eigenvalue weighted by molar-refractivity contribution is 7.08. The van der Waals surface area contributed by atoms with Crippen molar-refractivity contribution in [2.75, 3.05) is 18.0 Å². The lowest BCUT2D eigenvalue weighted by atomic mass is 9.95. The van der Waals surface area contributed by atoms with Gasteiger partial charge in [-0.25, -0.2) is 4.79 Å². The summed E-state index contributed by atoms with van der Waals surface area (Å²) in [6, 6.07) is 7.90. The van der Waals surface area contributed by atoms with Crippen LogP contribution in [0, 0.1) is 0 Å². The van der Waals surface area contributed by atoms with Crippen LogP contribution in [0.15, 0.2) is 41.1 Å². The number of carbonyl (C=O) groups excluding carboxylic acids is 4. The van der Waals surface area contributed by atoms with Gasteiger partial charge in [0.1, 0.15) is 5.54 Å². The van der Waals surface area contributed by atoms with Crippen LogP contribution in [-0.4, -0.2) is 41.6 Å². The fourth-order valence-electron chi connectivity index (χ4n) is 3.57. The van der Waals surface area contributed by atoms with E-state index in [1.165, 1.54) is 11.3 Å². The predicted molar refractivity (Wildman–Crippen MR) is 104 cm³/mol. The number of urea groups is 1. The first kappa shape index (κ1) is 18.4. The van der Waals surface area contributed by atoms with E-state index in [1.54, 1.807) is 42.2 Å². The number of hydrogen-bond donors (Lipinski definition) is 1. The third-order valence-corrected chi connectivity index (χ3v) is 5.93. The first-order valence-electron chi connectivity index (χ1n) is 9.00. The molecular weight excluding hydrogens is 378 g/mol. The van der Waals surface area contributed by atoms with Crippen LogP contribution in [-0.2, 0) is 15.1 Å². The standard InChI is InChI=1S/C20H19N3O4S/c1-20(14-8-10-28-12-14)18(26)23(19(27)21-20)11-16(24)13-4-6-15(7-5-13)22-9-2-3-17(22)25/h4-8,10,12H,2-3,9,11H2,1H3,(H,21,27). The molecule has 7 nitrogen and oxygen atoms in total. The summed E-state index contributed by atoms with van der Waals surface area (Å²) >= 11 is 1.44. The van der Waals surface area contributed by atoms with Gasteiger partial charge in [-0.3, -0.25) is 19.3 Å². The van der Waals surface area contributed by atoms with Crippen LogP contribution in [0.3, 0.4) is 0 Å². The van der Waals surface area contributed by atoms with Gasteiger partial charge < -0.3 is 10.2 Å². The van der Waals surface area contributed by atoms with Gasteiger partial charge in [0.2, 0.25) is 5.91 Å². The Hall–Kier alpha value is -3.00. The minimum absolute atomic E-state index is 0.0751. The van der Waals surface area contributed by atoms with Crippen molar-refractivity contribution in [1.82, 2.24) is 10.2 Å². The largest absolute Gasteiger partial charge is 0.325 e. The minimum atomic E-state index is -1.16. The van der Waals surface area contributed by atoms with Crippen LogP contribution in [0.1, 0.15) is 35.7 Å². The third kappa shape index (κ3) is 2.99. The van der Waals surface area contributed by atoms with Crippen molar-refractivity contribution < 1.29 is 19.2 Å². The molecule has 1 aromatic heterocycles. The average Bonchev–Trinajstić information content (AvgIpc) is 3.40. The molecule has 4 rings (SSSR count). The van der Waals surface area contributed by atoms with E-state index in [9.17, 15) is 19.2 Å². The second kappa shape index (κ2) is 6.87. The fourth-order valence-corrected chi connectivity index (χ4v) is 4.33. The van der Waals surface area contributed by atoms with Crippen LogP contribution >= 0.6 is 11.3 Å². The van der Waals surface area contributed by atoms with E-state index in [2.05, 4.69) is 5.32 Å². The molecule has 144 valence electrons. The maximum atomic E-state index is 12.8. The molecule has 1 aromatic carbocycles. The lowest BCUT2D eigenvalue weighted by Crippen LogP contribution is -2.41. The van der Waals surface area contributed by atoms with Crippen LogP contribution in [0.4, 0.5) is 10.5 Å². The monoisotopic (exact) mass is 397 g/mol. The van der Waals surface area contributed by atoms with Crippen LogP contribution in [0.2, 0.25) is 0 Å². The molecule has 1 unspecified atom stereocenters. The number of amides is 4. The third-order valence-electron chi connectivity index (χ3n) is 5.25. The van der Waals surface area contributed by atoms with E-state index in [1.807, 2.05) is 10.8 Å². The normalized spacial score (nSPS) is 22.1. The van der Waals surface area contributed by atoms with Gasteiger partial charge >= 0.3 is 6.03 Å². The first-order chi connectivity index (χ1) is 13.4. The topological polar surface area (TPSA) is 86.8 Å². The van der Waals surface area contributed by atoms with Gasteiger partial charge in [-0.05, 0) is 60.0 Å². The summed E-state index contributed by atoms with van der Waals surface area (Å²) in [7, 11) is 0. The molecular formula is C20H19N3O4S. The Balaban J connectivity index is 1.48. The molecule has 0 aliphatic carbocycles. The summed E-state index contributed by atoms with van der Waals surface area (Å²) in [6.07, 6.45) is 1.37. The fraction of sp³-hybridized carbons (Fsp3) is 0.300. The van der Waals surface area contributed by atoms with Gasteiger partial charge in [0.15, 0.2) is 5.78 Å². The molecule has 0 saturated carbocycles. The number of nitrogens with one attached hydrogen (secondary N) is 1. The number of rotatable bonds is 5. The Kier molecular flexibility index (Phi) is 4.50. The van der Waals surface area contributed by atoms with Crippen LogP contribution in [0.5, 0.6) is 0 Å². The number of thiophene rings is 1. The predicted octanol–water partition coefficient (Wildman–Crippen LogP) is 2.52. The summed E-state index contributed by atoms with van der Waals surface area (Å²) in [6.45, 7) is 1.99. The number of anilines is 1. The number of ketones is 1. The molecule has 4 amide bonds. The van der Waals surface area contributed by atoms with E-state index < -0.39 is 17.5 Å². The summed E-state index contributed by atoms with van der Waals surface area (Å²) in [5, 5.41) is 6.33. The molecule has 2 fully saturated rings. The maximum absolute atomic E-state index is 12.8. The molecule has 3 heterocycles. The van der Waals surface area contributed by atoms with E-state index in [4.69, 9.17) is 0 Å². The molecule has 2 aliphatic heterocycles. The highest BCUT2D eigenvalue weighted by Gasteiger charge is 2.49. The number of imide groups is 1. The van der Waals surface area contributed by atoms with Crippen molar-refractivity contribution in [3.63, 3.8) is 0 Å². The Morgan fingerprint density at radius 2 is 1.93 bits per heavy atom. The lowest BCUT2D eigenvalue weighted by Gasteiger charge is -2.20. The van der Waals surface area contributed by atoms with Crippen molar-refractivity contribution in [3.05, 3.63) is 52.2 Å². The summed E-state index contributed by atoms with van der Waals surface area (Å²) in [5.41, 5.74) is 0.682. The summed E-state index contributed by atoms with van der Waals surface area (Å²) in [4.78, 5) is 52.3. The van der Waals surface area contributed by atoms with Crippen LogP contribution < -0.4 is 10.2 Å². The zero-order valence-corrected chi connectivity index (χ0v) is 16.1. The molecule has 2 saturated heterocycles. The van der Waals surface area contributed by atoms with Crippen molar-refractivity contribution in [1.29, 1.82) is 0 Å². The number of nitrogens with zero attached hydrogens (tertiary/aromatic N) is 2. The molecule has 1 atom stereocenters. The van der Waals surface area contributed by atoms with Gasteiger partial charge in [0, 0.05) is 24.2 Å². The molecule has 1 N–H and O–H groups in total. The van der Waals surface area contributed by atoms with Gasteiger partial charge in [-0.1, -0.05) is 0 Å². The van der Waals surface area contributed by atoms with Crippen molar-refractivity contribution in [2.24, 2.45) is 0 Å². The Morgan fingerprint density at radius 3 is 2.54 bits per heavy atom. The number of hydrogen-bond acceptors (Lipinski definition) is 5. The van der Waals surface area contributed by atoms with E-state index in [-0.39, 0.29) is 18.2 Å². The van der Waals surface area contributed by atoms with Gasteiger partial charge in [0.25, 0.3) is 5.91 Å². The summed E-state index contributed by atoms with van der Waals surface area (Å²) in [5.74, 6) is -0.702. The first-order valence-corrected chi connectivity index (χ1v) is 9.95. The highest BCUT2D eigenvalue weighted by Crippen LogP contribution is 2.30. The molecule has 0 bridgehead atoms. The number of benzene rings is 1. The zero-order valence-electron chi connectivity index (χ0n) is 15.3. The van der Waals surface area contributed by atoms with Crippen molar-refractivity contribution in [3.8, 4) is 0 Å². The van der Waals surface area contributed by atoms with Gasteiger partial charge in [0.05, 0.1) is 6.54 Å². The number of Topliss-reactive ketones (excluding diaryl/α,β-unsaturated/α-hetero) is 1. The van der Waals surface area contributed by atoms with Crippen LogP contribution in [0.25, 0.3) is 0 Å². The highest BCUT2D eigenvalue weighted by atomic mass is 32.1. The average molecular weight is 397 g/mol.